The zero-order valence-corrected chi connectivity index (χ0v) is 9.45. The molecule has 1 rings (SSSR count). The van der Waals surface area contributed by atoms with Crippen molar-refractivity contribution in [1.29, 1.82) is 5.26 Å². The Labute approximate surface area is 95.3 Å². The minimum Gasteiger partial charge on any atom is -0.370 e. The zero-order valence-electron chi connectivity index (χ0n) is 9.45. The molecular weight excluding hydrogens is 202 g/mol. The molecule has 0 aliphatic heterocycles. The molecule has 0 aliphatic rings. The van der Waals surface area contributed by atoms with Gasteiger partial charge in [-0.05, 0) is 24.6 Å². The van der Waals surface area contributed by atoms with Crippen LogP contribution in [0.2, 0.25) is 0 Å². The van der Waals surface area contributed by atoms with E-state index in [2.05, 4.69) is 16.7 Å². The average molecular weight is 217 g/mol. The molecule has 0 spiro atoms. The number of nitriles is 1. The van der Waals surface area contributed by atoms with Gasteiger partial charge >= 0.3 is 0 Å². The Kier molecular flexibility index (Phi) is 4.34. The number of amides is 1. The molecule has 4 heteroatoms. The largest absolute Gasteiger partial charge is 0.370 e. The van der Waals surface area contributed by atoms with Gasteiger partial charge in [0.15, 0.2) is 0 Å². The van der Waals surface area contributed by atoms with E-state index in [0.717, 1.165) is 17.8 Å². The molecule has 0 saturated carbocycles. The molecule has 1 aromatic carbocycles. The second kappa shape index (κ2) is 5.76. The first-order valence-corrected chi connectivity index (χ1v) is 5.19. The SMILES string of the molecule is CCC(C#N)Nc1cccc(NC(C)=O)c1. The molecule has 1 atom stereocenters. The third-order valence-corrected chi connectivity index (χ3v) is 2.09. The molecule has 0 fully saturated rings. The molecule has 1 unspecified atom stereocenters. The van der Waals surface area contributed by atoms with Crippen molar-refractivity contribution in [3.8, 4) is 6.07 Å². The van der Waals surface area contributed by atoms with Gasteiger partial charge in [-0.1, -0.05) is 13.0 Å². The molecule has 0 aromatic heterocycles. The van der Waals surface area contributed by atoms with Crippen LogP contribution in [0.4, 0.5) is 11.4 Å². The molecule has 1 aromatic rings. The number of nitrogens with one attached hydrogen (secondary N) is 2. The highest BCUT2D eigenvalue weighted by molar-refractivity contribution is 5.89. The van der Waals surface area contributed by atoms with Crippen molar-refractivity contribution in [1.82, 2.24) is 0 Å². The van der Waals surface area contributed by atoms with E-state index in [4.69, 9.17) is 5.26 Å². The van der Waals surface area contributed by atoms with E-state index < -0.39 is 0 Å². The number of benzene rings is 1. The minimum atomic E-state index is -0.201. The summed E-state index contributed by atoms with van der Waals surface area (Å²) < 4.78 is 0. The summed E-state index contributed by atoms with van der Waals surface area (Å²) in [4.78, 5) is 10.9. The van der Waals surface area contributed by atoms with Crippen LogP contribution in [-0.2, 0) is 4.79 Å². The van der Waals surface area contributed by atoms with Gasteiger partial charge in [0, 0.05) is 18.3 Å². The standard InChI is InChI=1S/C12H15N3O/c1-3-10(8-13)15-12-6-4-5-11(7-12)14-9(2)16/h4-7,10,15H,3H2,1-2H3,(H,14,16). The highest BCUT2D eigenvalue weighted by Crippen LogP contribution is 2.16. The van der Waals surface area contributed by atoms with Crippen LogP contribution in [0.1, 0.15) is 20.3 Å². The monoisotopic (exact) mass is 217 g/mol. The first kappa shape index (κ1) is 12.1. The lowest BCUT2D eigenvalue weighted by molar-refractivity contribution is -0.114. The van der Waals surface area contributed by atoms with Crippen molar-refractivity contribution in [3.63, 3.8) is 0 Å². The lowest BCUT2D eigenvalue weighted by Crippen LogP contribution is -2.15. The Morgan fingerprint density at radius 3 is 2.75 bits per heavy atom. The van der Waals surface area contributed by atoms with E-state index in [1.165, 1.54) is 6.92 Å². The fraction of sp³-hybridized carbons (Fsp3) is 0.333. The van der Waals surface area contributed by atoms with E-state index in [-0.39, 0.29) is 11.9 Å². The number of carbonyl (C=O) groups is 1. The van der Waals surface area contributed by atoms with Crippen LogP contribution >= 0.6 is 0 Å². The Morgan fingerprint density at radius 1 is 1.50 bits per heavy atom. The smallest absolute Gasteiger partial charge is 0.221 e. The summed E-state index contributed by atoms with van der Waals surface area (Å²) in [5.74, 6) is -0.107. The highest BCUT2D eigenvalue weighted by atomic mass is 16.1. The predicted octanol–water partition coefficient (Wildman–Crippen LogP) is 2.36. The Morgan fingerprint density at radius 2 is 2.19 bits per heavy atom. The first-order chi connectivity index (χ1) is 7.65. The van der Waals surface area contributed by atoms with Crippen LogP contribution < -0.4 is 10.6 Å². The van der Waals surface area contributed by atoms with Crippen LogP contribution in [0.5, 0.6) is 0 Å². The predicted molar refractivity (Wildman–Crippen MR) is 64.1 cm³/mol. The number of nitrogens with zero attached hydrogens (tertiary/aromatic N) is 1. The number of anilines is 2. The second-order valence-corrected chi connectivity index (χ2v) is 3.50. The Hall–Kier alpha value is -2.02. The van der Waals surface area contributed by atoms with Crippen LogP contribution in [-0.4, -0.2) is 11.9 Å². The molecule has 0 bridgehead atoms. The third kappa shape index (κ3) is 3.62. The van der Waals surface area contributed by atoms with E-state index in [1.54, 1.807) is 12.1 Å². The van der Waals surface area contributed by atoms with Crippen molar-refractivity contribution in [2.45, 2.75) is 26.3 Å². The quantitative estimate of drug-likeness (QED) is 0.813. The van der Waals surface area contributed by atoms with Gasteiger partial charge in [0.2, 0.25) is 5.91 Å². The van der Waals surface area contributed by atoms with Gasteiger partial charge in [-0.15, -0.1) is 0 Å². The summed E-state index contributed by atoms with van der Waals surface area (Å²) >= 11 is 0. The van der Waals surface area contributed by atoms with E-state index in [9.17, 15) is 4.79 Å². The number of hydrogen-bond donors (Lipinski definition) is 2. The molecule has 0 heterocycles. The summed E-state index contributed by atoms with van der Waals surface area (Å²) in [6.07, 6.45) is 0.737. The van der Waals surface area contributed by atoms with Gasteiger partial charge in [0.25, 0.3) is 0 Å². The first-order valence-electron chi connectivity index (χ1n) is 5.19. The van der Waals surface area contributed by atoms with Crippen molar-refractivity contribution in [3.05, 3.63) is 24.3 Å². The summed E-state index contributed by atoms with van der Waals surface area (Å²) in [6, 6.07) is 9.27. The maximum Gasteiger partial charge on any atom is 0.221 e. The summed E-state index contributed by atoms with van der Waals surface area (Å²) in [7, 11) is 0. The lowest BCUT2D eigenvalue weighted by Gasteiger charge is -2.11. The van der Waals surface area contributed by atoms with Gasteiger partial charge in [-0.3, -0.25) is 4.79 Å². The van der Waals surface area contributed by atoms with Crippen LogP contribution in [0.25, 0.3) is 0 Å². The summed E-state index contributed by atoms with van der Waals surface area (Å²) in [5, 5.41) is 14.6. The molecule has 1 amide bonds. The summed E-state index contributed by atoms with van der Waals surface area (Å²) in [6.45, 7) is 3.41. The molecule has 0 saturated heterocycles. The van der Waals surface area contributed by atoms with Gasteiger partial charge in [-0.25, -0.2) is 0 Å². The van der Waals surface area contributed by atoms with Gasteiger partial charge in [0.1, 0.15) is 6.04 Å². The number of rotatable bonds is 4. The van der Waals surface area contributed by atoms with Crippen LogP contribution in [0.15, 0.2) is 24.3 Å². The number of hydrogen-bond acceptors (Lipinski definition) is 3. The van der Waals surface area contributed by atoms with Crippen molar-refractivity contribution >= 4 is 17.3 Å². The summed E-state index contributed by atoms with van der Waals surface area (Å²) in [5.41, 5.74) is 1.56. The maximum absolute atomic E-state index is 10.9. The Balaban J connectivity index is 2.74. The number of carbonyl (C=O) groups excluding carboxylic acids is 1. The average Bonchev–Trinajstić information content (AvgIpc) is 2.25. The molecular formula is C12H15N3O. The highest BCUT2D eigenvalue weighted by Gasteiger charge is 2.04. The van der Waals surface area contributed by atoms with Gasteiger partial charge in [-0.2, -0.15) is 5.26 Å². The normalized spacial score (nSPS) is 11.3. The minimum absolute atomic E-state index is 0.107. The van der Waals surface area contributed by atoms with Crippen molar-refractivity contribution in [2.24, 2.45) is 0 Å². The second-order valence-electron chi connectivity index (χ2n) is 3.50. The molecule has 16 heavy (non-hydrogen) atoms. The molecule has 0 radical (unpaired) electrons. The van der Waals surface area contributed by atoms with E-state index >= 15 is 0 Å². The van der Waals surface area contributed by atoms with Crippen LogP contribution in [0.3, 0.4) is 0 Å². The van der Waals surface area contributed by atoms with Crippen molar-refractivity contribution in [2.75, 3.05) is 10.6 Å². The van der Waals surface area contributed by atoms with E-state index in [0.29, 0.717) is 0 Å². The topological polar surface area (TPSA) is 64.9 Å². The third-order valence-electron chi connectivity index (χ3n) is 2.09. The lowest BCUT2D eigenvalue weighted by atomic mass is 10.2. The van der Waals surface area contributed by atoms with Gasteiger partial charge in [0.05, 0.1) is 6.07 Å². The Bertz CT molecular complexity index is 409. The fourth-order valence-corrected chi connectivity index (χ4v) is 1.32. The molecule has 4 nitrogen and oxygen atoms in total. The van der Waals surface area contributed by atoms with Gasteiger partial charge < -0.3 is 10.6 Å². The van der Waals surface area contributed by atoms with Crippen LogP contribution in [0, 0.1) is 11.3 Å². The fourth-order valence-electron chi connectivity index (χ4n) is 1.32. The molecule has 0 aliphatic carbocycles. The molecule has 84 valence electrons. The zero-order chi connectivity index (χ0) is 12.0. The maximum atomic E-state index is 10.9. The van der Waals surface area contributed by atoms with E-state index in [1.807, 2.05) is 19.1 Å². The van der Waals surface area contributed by atoms with Crippen molar-refractivity contribution < 1.29 is 4.79 Å². The molecule has 2 N–H and O–H groups in total.